The van der Waals surface area contributed by atoms with Crippen molar-refractivity contribution in [2.75, 3.05) is 0 Å². The van der Waals surface area contributed by atoms with Crippen LogP contribution in [0, 0.1) is 13.0 Å². The topological polar surface area (TPSA) is 33.1 Å². The zero-order chi connectivity index (χ0) is 13.2. The van der Waals surface area contributed by atoms with Crippen molar-refractivity contribution < 1.29 is 5.11 Å². The van der Waals surface area contributed by atoms with Crippen molar-refractivity contribution in [2.24, 2.45) is 0 Å². The largest absolute Gasteiger partial charge is 0.506 e. The third-order valence-corrected chi connectivity index (χ3v) is 3.31. The maximum Gasteiger partial charge on any atom is 0.140 e. The van der Waals surface area contributed by atoms with Gasteiger partial charge in [-0.05, 0) is 24.6 Å². The first kappa shape index (κ1) is 11.7. The molecule has 0 aliphatic heterocycles. The Morgan fingerprint density at radius 2 is 1.84 bits per heavy atom. The van der Waals surface area contributed by atoms with Crippen LogP contribution >= 0.6 is 0 Å². The molecule has 2 heteroatoms. The van der Waals surface area contributed by atoms with E-state index in [0.717, 1.165) is 22.0 Å². The highest BCUT2D eigenvalue weighted by Crippen LogP contribution is 2.30. The van der Waals surface area contributed by atoms with Gasteiger partial charge >= 0.3 is 0 Å². The van der Waals surface area contributed by atoms with Crippen molar-refractivity contribution in [1.82, 2.24) is 4.98 Å². The quantitative estimate of drug-likeness (QED) is 0.751. The summed E-state index contributed by atoms with van der Waals surface area (Å²) < 4.78 is 0. The Morgan fingerprint density at radius 3 is 2.63 bits per heavy atom. The number of aromatic hydroxyl groups is 1. The van der Waals surface area contributed by atoms with E-state index in [1.807, 2.05) is 55.5 Å². The predicted molar refractivity (Wildman–Crippen MR) is 76.2 cm³/mol. The van der Waals surface area contributed by atoms with Gasteiger partial charge in [0.15, 0.2) is 0 Å². The standard InChI is InChI=1S/C17H14NO/c1-12-17(19)15(11-13-7-3-2-4-8-13)14-9-5-6-10-16(14)18-12/h3-10,19H,11H2,1H3. The average molecular weight is 248 g/mol. The minimum atomic E-state index is 0.298. The van der Waals surface area contributed by atoms with E-state index >= 15 is 0 Å². The summed E-state index contributed by atoms with van der Waals surface area (Å²) in [6.45, 7) is 1.84. The van der Waals surface area contributed by atoms with Gasteiger partial charge in [-0.1, -0.05) is 42.5 Å². The van der Waals surface area contributed by atoms with Crippen molar-refractivity contribution in [3.8, 4) is 5.75 Å². The van der Waals surface area contributed by atoms with Crippen LogP contribution in [0.15, 0.2) is 48.5 Å². The molecule has 2 aromatic carbocycles. The van der Waals surface area contributed by atoms with E-state index in [-0.39, 0.29) is 0 Å². The van der Waals surface area contributed by atoms with Gasteiger partial charge in [-0.25, -0.2) is 4.98 Å². The van der Waals surface area contributed by atoms with Crippen molar-refractivity contribution in [3.05, 3.63) is 71.4 Å². The molecule has 93 valence electrons. The smallest absolute Gasteiger partial charge is 0.140 e. The lowest BCUT2D eigenvalue weighted by Crippen LogP contribution is -1.95. The Balaban J connectivity index is 2.19. The van der Waals surface area contributed by atoms with Gasteiger partial charge in [-0.15, -0.1) is 0 Å². The van der Waals surface area contributed by atoms with Crippen molar-refractivity contribution >= 4 is 10.9 Å². The second kappa shape index (κ2) is 4.73. The number of benzene rings is 2. The molecule has 1 heterocycles. The molecule has 0 spiro atoms. The summed E-state index contributed by atoms with van der Waals surface area (Å²) >= 11 is 0. The van der Waals surface area contributed by atoms with Crippen LogP contribution < -0.4 is 0 Å². The van der Waals surface area contributed by atoms with Gasteiger partial charge < -0.3 is 5.11 Å². The Bertz CT molecular complexity index is 720. The van der Waals surface area contributed by atoms with Crippen LogP contribution in [0.5, 0.6) is 5.75 Å². The maximum absolute atomic E-state index is 10.3. The summed E-state index contributed by atoms with van der Waals surface area (Å²) in [5.41, 5.74) is 3.70. The third-order valence-electron chi connectivity index (χ3n) is 3.31. The molecule has 0 aliphatic carbocycles. The fourth-order valence-corrected chi connectivity index (χ4v) is 2.33. The summed E-state index contributed by atoms with van der Waals surface area (Å²) in [5.74, 6) is 0.298. The van der Waals surface area contributed by atoms with Crippen LogP contribution in [0.3, 0.4) is 0 Å². The van der Waals surface area contributed by atoms with Gasteiger partial charge in [-0.2, -0.15) is 0 Å². The summed E-state index contributed by atoms with van der Waals surface area (Å²) in [5, 5.41) is 11.3. The van der Waals surface area contributed by atoms with Crippen molar-refractivity contribution in [1.29, 1.82) is 0 Å². The molecule has 0 aliphatic rings. The van der Waals surface area contributed by atoms with E-state index in [9.17, 15) is 5.11 Å². The first-order valence-electron chi connectivity index (χ1n) is 6.28. The summed E-state index contributed by atoms with van der Waals surface area (Å²) in [6, 6.07) is 18.7. The minimum Gasteiger partial charge on any atom is -0.506 e. The highest BCUT2D eigenvalue weighted by atomic mass is 16.3. The van der Waals surface area contributed by atoms with E-state index in [0.29, 0.717) is 17.9 Å². The number of para-hydroxylation sites is 1. The van der Waals surface area contributed by atoms with Crippen LogP contribution in [-0.4, -0.2) is 10.1 Å². The molecule has 1 N–H and O–H groups in total. The molecule has 3 aromatic rings. The zero-order valence-corrected chi connectivity index (χ0v) is 10.7. The monoisotopic (exact) mass is 248 g/mol. The Morgan fingerprint density at radius 1 is 1.11 bits per heavy atom. The third kappa shape index (κ3) is 2.17. The van der Waals surface area contributed by atoms with Gasteiger partial charge in [0.2, 0.25) is 0 Å². The first-order valence-corrected chi connectivity index (χ1v) is 6.28. The summed E-state index contributed by atoms with van der Waals surface area (Å²) in [4.78, 5) is 4.42. The number of hydrogen-bond acceptors (Lipinski definition) is 2. The predicted octanol–water partition coefficient (Wildman–Crippen LogP) is 3.64. The first-order chi connectivity index (χ1) is 9.25. The van der Waals surface area contributed by atoms with Crippen LogP contribution in [0.1, 0.15) is 16.8 Å². The highest BCUT2D eigenvalue weighted by molar-refractivity contribution is 5.85. The average Bonchev–Trinajstić information content (AvgIpc) is 2.45. The van der Waals surface area contributed by atoms with Gasteiger partial charge in [0.25, 0.3) is 0 Å². The number of aromatic nitrogens is 1. The molecular formula is C17H14NO. The second-order valence-electron chi connectivity index (χ2n) is 4.63. The lowest BCUT2D eigenvalue weighted by molar-refractivity contribution is 0.463. The number of hydrogen-bond donors (Lipinski definition) is 1. The Kier molecular flexibility index (Phi) is 2.92. The Hall–Kier alpha value is -2.35. The molecule has 1 aromatic heterocycles. The minimum absolute atomic E-state index is 0.298. The van der Waals surface area contributed by atoms with E-state index < -0.39 is 0 Å². The second-order valence-corrected chi connectivity index (χ2v) is 4.63. The van der Waals surface area contributed by atoms with Crippen LogP contribution in [0.4, 0.5) is 0 Å². The molecule has 19 heavy (non-hydrogen) atoms. The summed E-state index contributed by atoms with van der Waals surface area (Å²) in [7, 11) is 0. The van der Waals surface area contributed by atoms with Crippen molar-refractivity contribution in [3.63, 3.8) is 0 Å². The molecule has 0 unspecified atom stereocenters. The lowest BCUT2D eigenvalue weighted by Gasteiger charge is -2.11. The molecule has 1 radical (unpaired) electrons. The number of rotatable bonds is 2. The normalized spacial score (nSPS) is 10.8. The fraction of sp³-hybridized carbons (Fsp3) is 0.118. The van der Waals surface area contributed by atoms with Crippen LogP contribution in [-0.2, 0) is 6.42 Å². The van der Waals surface area contributed by atoms with Crippen LogP contribution in [0.25, 0.3) is 10.9 Å². The molecule has 0 fully saturated rings. The number of pyridine rings is 1. The summed E-state index contributed by atoms with van der Waals surface area (Å²) in [6.07, 6.45) is 0.699. The SMILES string of the molecule is Cc1nc2ccccc2c(Cc2cc[c]cc2)c1O. The molecule has 0 bridgehead atoms. The fourth-order valence-electron chi connectivity index (χ4n) is 2.33. The van der Waals surface area contributed by atoms with Crippen molar-refractivity contribution in [2.45, 2.75) is 13.3 Å². The molecule has 0 saturated heterocycles. The number of fused-ring (bicyclic) bond motifs is 1. The lowest BCUT2D eigenvalue weighted by atomic mass is 9.99. The molecule has 0 amide bonds. The molecule has 2 nitrogen and oxygen atoms in total. The zero-order valence-electron chi connectivity index (χ0n) is 10.7. The molecule has 0 saturated carbocycles. The van der Waals surface area contributed by atoms with Gasteiger partial charge in [-0.3, -0.25) is 0 Å². The number of aryl methyl sites for hydroxylation is 1. The molecular weight excluding hydrogens is 234 g/mol. The van der Waals surface area contributed by atoms with Gasteiger partial charge in [0.05, 0.1) is 11.2 Å². The van der Waals surface area contributed by atoms with Crippen LogP contribution in [0.2, 0.25) is 0 Å². The van der Waals surface area contributed by atoms with Gasteiger partial charge in [0.1, 0.15) is 5.75 Å². The molecule has 3 rings (SSSR count). The Labute approximate surface area is 112 Å². The molecule has 0 atom stereocenters. The highest BCUT2D eigenvalue weighted by Gasteiger charge is 2.11. The van der Waals surface area contributed by atoms with E-state index in [2.05, 4.69) is 11.1 Å². The van der Waals surface area contributed by atoms with Gasteiger partial charge in [0, 0.05) is 17.4 Å². The van der Waals surface area contributed by atoms with E-state index in [1.165, 1.54) is 0 Å². The van der Waals surface area contributed by atoms with E-state index in [1.54, 1.807) is 0 Å². The number of nitrogens with zero attached hydrogens (tertiary/aromatic N) is 1. The van der Waals surface area contributed by atoms with E-state index in [4.69, 9.17) is 0 Å². The maximum atomic E-state index is 10.3.